The van der Waals surface area contributed by atoms with Crippen molar-refractivity contribution >= 4 is 16.9 Å². The molecule has 0 aliphatic carbocycles. The van der Waals surface area contributed by atoms with Gasteiger partial charge in [-0.25, -0.2) is 9.97 Å². The molecule has 168 valence electrons. The van der Waals surface area contributed by atoms with Crippen molar-refractivity contribution in [3.63, 3.8) is 0 Å². The van der Waals surface area contributed by atoms with Crippen LogP contribution in [-0.4, -0.2) is 52.8 Å². The lowest BCUT2D eigenvalue weighted by Gasteiger charge is -2.13. The van der Waals surface area contributed by atoms with Gasteiger partial charge in [0.15, 0.2) is 23.9 Å². The second-order valence-electron chi connectivity index (χ2n) is 7.91. The van der Waals surface area contributed by atoms with E-state index < -0.39 is 0 Å². The number of carbonyl (C=O) groups is 1. The molecule has 0 fully saturated rings. The highest BCUT2D eigenvalue weighted by atomic mass is 16.7. The van der Waals surface area contributed by atoms with E-state index in [0.29, 0.717) is 17.3 Å². The fourth-order valence-corrected chi connectivity index (χ4v) is 3.72. The van der Waals surface area contributed by atoms with Crippen LogP contribution in [0.25, 0.3) is 28.1 Å². The fraction of sp³-hybridized carbons (Fsp3) is 0.240. The number of benzene rings is 2. The third-order valence-electron chi connectivity index (χ3n) is 5.55. The van der Waals surface area contributed by atoms with Gasteiger partial charge in [0.1, 0.15) is 11.4 Å². The van der Waals surface area contributed by atoms with Gasteiger partial charge in [0.05, 0.1) is 11.4 Å². The van der Waals surface area contributed by atoms with E-state index in [1.54, 1.807) is 14.1 Å². The lowest BCUT2D eigenvalue weighted by Crippen LogP contribution is -2.27. The molecular formula is C25H24N4O4. The number of aryl methyl sites for hydroxylation is 1. The highest BCUT2D eigenvalue weighted by Gasteiger charge is 2.18. The van der Waals surface area contributed by atoms with Crippen molar-refractivity contribution in [3.05, 3.63) is 60.4 Å². The van der Waals surface area contributed by atoms with Crippen LogP contribution in [0.2, 0.25) is 0 Å². The second kappa shape index (κ2) is 8.46. The maximum Gasteiger partial charge on any atom is 0.259 e. The van der Waals surface area contributed by atoms with Crippen LogP contribution >= 0.6 is 0 Å². The average Bonchev–Trinajstić information content (AvgIpc) is 3.48. The summed E-state index contributed by atoms with van der Waals surface area (Å²) in [5.41, 5.74) is 3.52. The molecule has 1 aliphatic heterocycles. The summed E-state index contributed by atoms with van der Waals surface area (Å²) in [5, 5.41) is 0.996. The first-order chi connectivity index (χ1) is 16.0. The molecule has 33 heavy (non-hydrogen) atoms. The molecule has 0 unspecified atom stereocenters. The van der Waals surface area contributed by atoms with E-state index in [4.69, 9.17) is 24.2 Å². The fourth-order valence-electron chi connectivity index (χ4n) is 3.72. The monoisotopic (exact) mass is 444 g/mol. The van der Waals surface area contributed by atoms with Crippen molar-refractivity contribution in [3.8, 4) is 34.3 Å². The van der Waals surface area contributed by atoms with E-state index in [2.05, 4.69) is 6.92 Å². The Bertz CT molecular complexity index is 1350. The number of hydrogen-bond donors (Lipinski definition) is 0. The maximum atomic E-state index is 11.9. The Hall–Kier alpha value is -4.07. The van der Waals surface area contributed by atoms with Crippen molar-refractivity contribution < 1.29 is 19.0 Å². The summed E-state index contributed by atoms with van der Waals surface area (Å²) in [5.74, 6) is 2.57. The van der Waals surface area contributed by atoms with Gasteiger partial charge in [-0.15, -0.1) is 0 Å². The molecule has 0 spiro atoms. The predicted octanol–water partition coefficient (Wildman–Crippen LogP) is 3.85. The Labute approximate surface area is 191 Å². The minimum absolute atomic E-state index is 0.0146. The molecule has 1 aliphatic rings. The van der Waals surface area contributed by atoms with Gasteiger partial charge in [0.25, 0.3) is 5.91 Å². The minimum Gasteiger partial charge on any atom is -0.484 e. The Morgan fingerprint density at radius 1 is 1.09 bits per heavy atom. The minimum atomic E-state index is -0.0967. The number of likely N-dealkylation sites (N-methyl/N-ethyl adjacent to an activating group) is 1. The van der Waals surface area contributed by atoms with Gasteiger partial charge >= 0.3 is 0 Å². The molecule has 4 aromatic rings. The molecule has 1 amide bonds. The summed E-state index contributed by atoms with van der Waals surface area (Å²) in [6, 6.07) is 15.4. The molecule has 8 heteroatoms. The average molecular weight is 444 g/mol. The lowest BCUT2D eigenvalue weighted by atomic mass is 10.1. The van der Waals surface area contributed by atoms with Gasteiger partial charge in [-0.3, -0.25) is 4.79 Å². The van der Waals surface area contributed by atoms with Crippen molar-refractivity contribution in [1.82, 2.24) is 19.4 Å². The van der Waals surface area contributed by atoms with Crippen LogP contribution in [0.4, 0.5) is 0 Å². The number of amides is 1. The largest absolute Gasteiger partial charge is 0.484 e. The van der Waals surface area contributed by atoms with E-state index in [-0.39, 0.29) is 19.3 Å². The standard InChI is InChI=1S/C25H24N4O4/c1-4-20-19-10-11-29(17-6-5-7-18(13-17)31-14-23(30)28(2)3)25(19)27-24(26-20)16-8-9-21-22(12-16)33-15-32-21/h5-13H,4,14-15H2,1-3H3. The van der Waals surface area contributed by atoms with Crippen LogP contribution in [0.1, 0.15) is 12.6 Å². The number of rotatable bonds is 6. The second-order valence-corrected chi connectivity index (χ2v) is 7.91. The zero-order chi connectivity index (χ0) is 22.9. The molecule has 0 atom stereocenters. The summed E-state index contributed by atoms with van der Waals surface area (Å²) in [6.45, 7) is 2.29. The number of fused-ring (bicyclic) bond motifs is 2. The smallest absolute Gasteiger partial charge is 0.259 e. The Morgan fingerprint density at radius 2 is 1.94 bits per heavy atom. The highest BCUT2D eigenvalue weighted by molar-refractivity contribution is 5.83. The van der Waals surface area contributed by atoms with Crippen molar-refractivity contribution in [2.75, 3.05) is 27.5 Å². The van der Waals surface area contributed by atoms with Crippen LogP contribution in [-0.2, 0) is 11.2 Å². The number of nitrogens with zero attached hydrogens (tertiary/aromatic N) is 4. The summed E-state index contributed by atoms with van der Waals surface area (Å²) in [4.78, 5) is 23.1. The molecule has 0 bridgehead atoms. The molecule has 0 radical (unpaired) electrons. The van der Waals surface area contributed by atoms with Crippen LogP contribution in [0.3, 0.4) is 0 Å². The van der Waals surface area contributed by atoms with Crippen molar-refractivity contribution in [1.29, 1.82) is 0 Å². The Morgan fingerprint density at radius 3 is 2.76 bits per heavy atom. The molecule has 2 aromatic heterocycles. The lowest BCUT2D eigenvalue weighted by molar-refractivity contribution is -0.130. The van der Waals surface area contributed by atoms with E-state index in [1.807, 2.05) is 59.3 Å². The zero-order valence-corrected chi connectivity index (χ0v) is 18.7. The Balaban J connectivity index is 1.54. The number of carbonyl (C=O) groups excluding carboxylic acids is 1. The first kappa shape index (κ1) is 20.8. The molecule has 8 nitrogen and oxygen atoms in total. The van der Waals surface area contributed by atoms with E-state index in [0.717, 1.165) is 40.1 Å². The molecule has 2 aromatic carbocycles. The number of hydrogen-bond acceptors (Lipinski definition) is 6. The summed E-state index contributed by atoms with van der Waals surface area (Å²) in [6.07, 6.45) is 2.75. The first-order valence-electron chi connectivity index (χ1n) is 10.7. The van der Waals surface area contributed by atoms with E-state index in [1.165, 1.54) is 4.90 Å². The van der Waals surface area contributed by atoms with Gasteiger partial charge in [-0.1, -0.05) is 13.0 Å². The maximum absolute atomic E-state index is 11.9. The van der Waals surface area contributed by atoms with Crippen LogP contribution < -0.4 is 14.2 Å². The third-order valence-corrected chi connectivity index (χ3v) is 5.55. The predicted molar refractivity (Wildman–Crippen MR) is 124 cm³/mol. The number of aromatic nitrogens is 3. The van der Waals surface area contributed by atoms with Crippen LogP contribution in [0.5, 0.6) is 17.2 Å². The van der Waals surface area contributed by atoms with Gasteiger partial charge in [-0.2, -0.15) is 0 Å². The molecule has 3 heterocycles. The zero-order valence-electron chi connectivity index (χ0n) is 18.7. The number of ether oxygens (including phenoxy) is 3. The molecule has 5 rings (SSSR count). The molecule has 0 saturated heterocycles. The summed E-state index contributed by atoms with van der Waals surface area (Å²) in [7, 11) is 3.41. The van der Waals surface area contributed by atoms with Crippen LogP contribution in [0, 0.1) is 0 Å². The first-order valence-corrected chi connectivity index (χ1v) is 10.7. The van der Waals surface area contributed by atoms with Crippen molar-refractivity contribution in [2.24, 2.45) is 0 Å². The van der Waals surface area contributed by atoms with E-state index in [9.17, 15) is 4.79 Å². The summed E-state index contributed by atoms with van der Waals surface area (Å²) >= 11 is 0. The van der Waals surface area contributed by atoms with Crippen molar-refractivity contribution in [2.45, 2.75) is 13.3 Å². The highest BCUT2D eigenvalue weighted by Crippen LogP contribution is 2.36. The van der Waals surface area contributed by atoms with Gasteiger partial charge in [0.2, 0.25) is 6.79 Å². The van der Waals surface area contributed by atoms with Gasteiger partial charge < -0.3 is 23.7 Å². The molecule has 0 saturated carbocycles. The van der Waals surface area contributed by atoms with Gasteiger partial charge in [-0.05, 0) is 42.8 Å². The molecular weight excluding hydrogens is 420 g/mol. The van der Waals surface area contributed by atoms with Gasteiger partial charge in [0, 0.05) is 37.3 Å². The third kappa shape index (κ3) is 3.95. The quantitative estimate of drug-likeness (QED) is 0.450. The molecule has 0 N–H and O–H groups in total. The summed E-state index contributed by atoms with van der Waals surface area (Å²) < 4.78 is 18.7. The SMILES string of the molecule is CCc1nc(-c2ccc3c(c2)OCO3)nc2c1ccn2-c1cccc(OCC(=O)N(C)C)c1. The topological polar surface area (TPSA) is 78.7 Å². The Kier molecular flexibility index (Phi) is 5.34. The normalized spacial score (nSPS) is 12.2. The van der Waals surface area contributed by atoms with E-state index >= 15 is 0 Å². The van der Waals surface area contributed by atoms with Crippen LogP contribution in [0.15, 0.2) is 54.7 Å².